The van der Waals surface area contributed by atoms with Gasteiger partial charge in [0.25, 0.3) is 0 Å². The standard InChI is InChI=1S/C17H16ClN3/c1-21-16-13(18)5-2-6-15(16)20-17(21)12-7-8-14-11(10-12)4-3-9-19-14/h2,5-8,10,19H,3-4,9H2,1H3. The first-order valence-electron chi connectivity index (χ1n) is 7.22. The Hall–Kier alpha value is -2.00. The largest absolute Gasteiger partial charge is 0.385 e. The fourth-order valence-electron chi connectivity index (χ4n) is 3.09. The van der Waals surface area contributed by atoms with Gasteiger partial charge in [0.05, 0.1) is 16.1 Å². The molecule has 4 heteroatoms. The maximum Gasteiger partial charge on any atom is 0.140 e. The molecule has 106 valence electrons. The van der Waals surface area contributed by atoms with Gasteiger partial charge < -0.3 is 9.88 Å². The van der Waals surface area contributed by atoms with Crippen LogP contribution in [0.3, 0.4) is 0 Å². The van der Waals surface area contributed by atoms with Crippen LogP contribution in [0.15, 0.2) is 36.4 Å². The lowest BCUT2D eigenvalue weighted by Gasteiger charge is -2.18. The van der Waals surface area contributed by atoms with E-state index in [1.165, 1.54) is 17.7 Å². The van der Waals surface area contributed by atoms with E-state index in [-0.39, 0.29) is 0 Å². The van der Waals surface area contributed by atoms with Crippen molar-refractivity contribution in [2.24, 2.45) is 7.05 Å². The zero-order valence-electron chi connectivity index (χ0n) is 11.9. The second-order valence-electron chi connectivity index (χ2n) is 5.50. The highest BCUT2D eigenvalue weighted by molar-refractivity contribution is 6.35. The van der Waals surface area contributed by atoms with Gasteiger partial charge in [-0.15, -0.1) is 0 Å². The second-order valence-corrected chi connectivity index (χ2v) is 5.91. The molecule has 1 aliphatic heterocycles. The van der Waals surface area contributed by atoms with Crippen LogP contribution in [0.25, 0.3) is 22.4 Å². The number of aromatic nitrogens is 2. The second kappa shape index (κ2) is 4.78. The quantitative estimate of drug-likeness (QED) is 0.727. The number of halogens is 1. The molecule has 1 aliphatic rings. The van der Waals surface area contributed by atoms with E-state index in [1.807, 2.05) is 25.2 Å². The lowest BCUT2D eigenvalue weighted by Crippen LogP contribution is -2.11. The van der Waals surface area contributed by atoms with Crippen molar-refractivity contribution in [2.75, 3.05) is 11.9 Å². The normalized spacial score (nSPS) is 14.0. The number of rotatable bonds is 1. The van der Waals surface area contributed by atoms with Crippen molar-refractivity contribution in [3.63, 3.8) is 0 Å². The van der Waals surface area contributed by atoms with Gasteiger partial charge >= 0.3 is 0 Å². The maximum absolute atomic E-state index is 6.31. The number of fused-ring (bicyclic) bond motifs is 2. The number of hydrogen-bond donors (Lipinski definition) is 1. The molecule has 0 fully saturated rings. The Morgan fingerprint density at radius 1 is 1.24 bits per heavy atom. The van der Waals surface area contributed by atoms with Crippen LogP contribution in [0.4, 0.5) is 5.69 Å². The van der Waals surface area contributed by atoms with Crippen LogP contribution in [0.1, 0.15) is 12.0 Å². The summed E-state index contributed by atoms with van der Waals surface area (Å²) in [4.78, 5) is 4.75. The molecule has 1 aromatic heterocycles. The van der Waals surface area contributed by atoms with E-state index in [0.29, 0.717) is 0 Å². The molecule has 1 N–H and O–H groups in total. The Morgan fingerprint density at radius 3 is 3.00 bits per heavy atom. The number of para-hydroxylation sites is 1. The van der Waals surface area contributed by atoms with E-state index < -0.39 is 0 Å². The molecular weight excluding hydrogens is 282 g/mol. The van der Waals surface area contributed by atoms with E-state index in [1.54, 1.807) is 0 Å². The van der Waals surface area contributed by atoms with Gasteiger partial charge in [-0.1, -0.05) is 17.7 Å². The summed E-state index contributed by atoms with van der Waals surface area (Å²) in [6.45, 7) is 1.06. The topological polar surface area (TPSA) is 29.9 Å². The highest BCUT2D eigenvalue weighted by Gasteiger charge is 2.15. The molecule has 3 nitrogen and oxygen atoms in total. The van der Waals surface area contributed by atoms with Gasteiger partial charge in [0.15, 0.2) is 0 Å². The third-order valence-corrected chi connectivity index (χ3v) is 4.45. The van der Waals surface area contributed by atoms with Crippen LogP contribution >= 0.6 is 11.6 Å². The number of anilines is 1. The Labute approximate surface area is 128 Å². The molecule has 0 amide bonds. The van der Waals surface area contributed by atoms with Crippen molar-refractivity contribution in [3.05, 3.63) is 47.0 Å². The van der Waals surface area contributed by atoms with Crippen molar-refractivity contribution in [2.45, 2.75) is 12.8 Å². The summed E-state index contributed by atoms with van der Waals surface area (Å²) in [5.74, 6) is 0.964. The van der Waals surface area contributed by atoms with E-state index in [9.17, 15) is 0 Å². The molecule has 2 aromatic carbocycles. The summed E-state index contributed by atoms with van der Waals surface area (Å²) in [6.07, 6.45) is 2.31. The molecule has 0 aliphatic carbocycles. The van der Waals surface area contributed by atoms with Gasteiger partial charge in [0, 0.05) is 24.8 Å². The zero-order valence-corrected chi connectivity index (χ0v) is 12.6. The van der Waals surface area contributed by atoms with Gasteiger partial charge in [0.2, 0.25) is 0 Å². The zero-order chi connectivity index (χ0) is 14.4. The molecule has 0 atom stereocenters. The van der Waals surface area contributed by atoms with Gasteiger partial charge in [-0.3, -0.25) is 0 Å². The molecule has 21 heavy (non-hydrogen) atoms. The van der Waals surface area contributed by atoms with Crippen molar-refractivity contribution in [1.82, 2.24) is 9.55 Å². The van der Waals surface area contributed by atoms with Crippen molar-refractivity contribution < 1.29 is 0 Å². The van der Waals surface area contributed by atoms with E-state index in [2.05, 4.69) is 28.1 Å². The maximum atomic E-state index is 6.31. The predicted octanol–water partition coefficient (Wildman–Crippen LogP) is 4.25. The van der Waals surface area contributed by atoms with Crippen LogP contribution in [0, 0.1) is 0 Å². The minimum Gasteiger partial charge on any atom is -0.385 e. The fourth-order valence-corrected chi connectivity index (χ4v) is 3.39. The van der Waals surface area contributed by atoms with Crippen LogP contribution in [-0.2, 0) is 13.5 Å². The number of aryl methyl sites for hydroxylation is 2. The smallest absolute Gasteiger partial charge is 0.140 e. The van der Waals surface area contributed by atoms with Crippen molar-refractivity contribution >= 4 is 28.3 Å². The number of nitrogens with one attached hydrogen (secondary N) is 1. The average molecular weight is 298 g/mol. The van der Waals surface area contributed by atoms with Gasteiger partial charge in [-0.05, 0) is 48.7 Å². The van der Waals surface area contributed by atoms with Crippen LogP contribution < -0.4 is 5.32 Å². The Bertz CT molecular complexity index is 835. The van der Waals surface area contributed by atoms with Gasteiger partial charge in [-0.2, -0.15) is 0 Å². The lowest BCUT2D eigenvalue weighted by molar-refractivity contribution is 0.830. The van der Waals surface area contributed by atoms with E-state index >= 15 is 0 Å². The molecule has 3 aromatic rings. The number of benzene rings is 2. The summed E-state index contributed by atoms with van der Waals surface area (Å²) < 4.78 is 2.08. The average Bonchev–Trinajstić information content (AvgIpc) is 2.85. The van der Waals surface area contributed by atoms with Crippen LogP contribution in [0.5, 0.6) is 0 Å². The highest BCUT2D eigenvalue weighted by Crippen LogP contribution is 2.31. The minimum absolute atomic E-state index is 0.744. The lowest BCUT2D eigenvalue weighted by atomic mass is 10.0. The summed E-state index contributed by atoms with van der Waals surface area (Å²) in [7, 11) is 2.02. The summed E-state index contributed by atoms with van der Waals surface area (Å²) in [5.41, 5.74) is 5.70. The monoisotopic (exact) mass is 297 g/mol. The fraction of sp³-hybridized carbons (Fsp3) is 0.235. The third-order valence-electron chi connectivity index (χ3n) is 4.15. The Morgan fingerprint density at radius 2 is 2.14 bits per heavy atom. The molecular formula is C17H16ClN3. The molecule has 2 heterocycles. The summed E-state index contributed by atoms with van der Waals surface area (Å²) in [5, 5.41) is 4.19. The van der Waals surface area contributed by atoms with Gasteiger partial charge in [0.1, 0.15) is 5.82 Å². The highest BCUT2D eigenvalue weighted by atomic mass is 35.5. The van der Waals surface area contributed by atoms with Crippen LogP contribution in [-0.4, -0.2) is 16.1 Å². The molecule has 4 rings (SSSR count). The molecule has 0 saturated carbocycles. The minimum atomic E-state index is 0.744. The molecule has 0 saturated heterocycles. The van der Waals surface area contributed by atoms with Crippen LogP contribution in [0.2, 0.25) is 5.02 Å². The molecule has 0 unspecified atom stereocenters. The molecule has 0 radical (unpaired) electrons. The SMILES string of the molecule is Cn1c(-c2ccc3c(c2)CCCN3)nc2cccc(Cl)c21. The molecule has 0 spiro atoms. The van der Waals surface area contributed by atoms with Gasteiger partial charge in [-0.25, -0.2) is 4.98 Å². The first-order chi connectivity index (χ1) is 10.2. The third kappa shape index (κ3) is 2.00. The number of nitrogens with zero attached hydrogens (tertiary/aromatic N) is 2. The summed E-state index contributed by atoms with van der Waals surface area (Å²) >= 11 is 6.31. The Balaban J connectivity index is 1.90. The first kappa shape index (κ1) is 12.7. The number of imidazole rings is 1. The van der Waals surface area contributed by atoms with Crippen molar-refractivity contribution in [3.8, 4) is 11.4 Å². The van der Waals surface area contributed by atoms with Crippen molar-refractivity contribution in [1.29, 1.82) is 0 Å². The molecule has 0 bridgehead atoms. The van der Waals surface area contributed by atoms with E-state index in [4.69, 9.17) is 16.6 Å². The predicted molar refractivity (Wildman–Crippen MR) is 88.0 cm³/mol. The number of hydrogen-bond acceptors (Lipinski definition) is 2. The first-order valence-corrected chi connectivity index (χ1v) is 7.60. The summed E-state index contributed by atoms with van der Waals surface area (Å²) in [6, 6.07) is 12.4. The Kier molecular flexibility index (Phi) is 2.89. The van der Waals surface area contributed by atoms with E-state index in [0.717, 1.165) is 40.4 Å².